The maximum absolute atomic E-state index is 13.0. The summed E-state index contributed by atoms with van der Waals surface area (Å²) >= 11 is 3.42. The minimum atomic E-state index is -0.611. The van der Waals surface area contributed by atoms with Gasteiger partial charge in [0.25, 0.3) is 5.91 Å². The molecular formula is C23H29BrN2O3. The standard InChI is InChI=1S/C23H29BrN2O3/c1-5-18-8-12-21(13-9-18)29-15-22(27)26(17(4)23(28)25-16(2)3)14-19-6-10-20(24)11-7-19/h6-13,16-17H,5,14-15H2,1-4H3,(H,25,28)/t17-/m1/s1. The zero-order valence-electron chi connectivity index (χ0n) is 17.4. The van der Waals surface area contributed by atoms with Crippen LogP contribution in [-0.2, 0) is 22.6 Å². The Hall–Kier alpha value is -2.34. The van der Waals surface area contributed by atoms with Crippen LogP contribution in [0.15, 0.2) is 53.0 Å². The molecule has 156 valence electrons. The fourth-order valence-electron chi connectivity index (χ4n) is 2.82. The lowest BCUT2D eigenvalue weighted by Crippen LogP contribution is -2.50. The molecule has 0 spiro atoms. The Morgan fingerprint density at radius 2 is 1.59 bits per heavy atom. The molecule has 1 N–H and O–H groups in total. The predicted molar refractivity (Wildman–Crippen MR) is 119 cm³/mol. The Balaban J connectivity index is 2.11. The van der Waals surface area contributed by atoms with Crippen molar-refractivity contribution >= 4 is 27.7 Å². The molecule has 0 bridgehead atoms. The first-order chi connectivity index (χ1) is 13.8. The molecule has 0 aliphatic rings. The Morgan fingerprint density at radius 3 is 2.14 bits per heavy atom. The van der Waals surface area contributed by atoms with E-state index in [0.29, 0.717) is 12.3 Å². The van der Waals surface area contributed by atoms with Crippen molar-refractivity contribution in [2.75, 3.05) is 6.61 Å². The van der Waals surface area contributed by atoms with Gasteiger partial charge in [0, 0.05) is 17.1 Å². The average molecular weight is 461 g/mol. The first kappa shape index (κ1) is 22.9. The molecule has 5 nitrogen and oxygen atoms in total. The van der Waals surface area contributed by atoms with Gasteiger partial charge in [-0.3, -0.25) is 9.59 Å². The molecule has 0 aromatic heterocycles. The van der Waals surface area contributed by atoms with Crippen LogP contribution in [0.5, 0.6) is 5.75 Å². The summed E-state index contributed by atoms with van der Waals surface area (Å²) < 4.78 is 6.65. The second-order valence-corrected chi connectivity index (χ2v) is 8.19. The molecule has 0 saturated heterocycles. The Bertz CT molecular complexity index is 804. The highest BCUT2D eigenvalue weighted by atomic mass is 79.9. The second-order valence-electron chi connectivity index (χ2n) is 7.27. The number of hydrogen-bond donors (Lipinski definition) is 1. The smallest absolute Gasteiger partial charge is 0.261 e. The number of carbonyl (C=O) groups excluding carboxylic acids is 2. The summed E-state index contributed by atoms with van der Waals surface area (Å²) in [5, 5.41) is 2.88. The summed E-state index contributed by atoms with van der Waals surface area (Å²) in [7, 11) is 0. The van der Waals surface area contributed by atoms with E-state index >= 15 is 0 Å². The first-order valence-corrected chi connectivity index (χ1v) is 10.7. The third kappa shape index (κ3) is 7.20. The topological polar surface area (TPSA) is 58.6 Å². The summed E-state index contributed by atoms with van der Waals surface area (Å²) in [4.78, 5) is 27.0. The van der Waals surface area contributed by atoms with Crippen LogP contribution in [0.2, 0.25) is 0 Å². The van der Waals surface area contributed by atoms with Crippen LogP contribution in [0.1, 0.15) is 38.8 Å². The first-order valence-electron chi connectivity index (χ1n) is 9.86. The number of hydrogen-bond acceptors (Lipinski definition) is 3. The molecular weight excluding hydrogens is 432 g/mol. The summed E-state index contributed by atoms with van der Waals surface area (Å²) in [5.41, 5.74) is 2.15. The van der Waals surface area contributed by atoms with Crippen LogP contribution in [-0.4, -0.2) is 35.4 Å². The number of nitrogens with one attached hydrogen (secondary N) is 1. The highest BCUT2D eigenvalue weighted by Crippen LogP contribution is 2.16. The van der Waals surface area contributed by atoms with Gasteiger partial charge in [-0.05, 0) is 62.6 Å². The van der Waals surface area contributed by atoms with E-state index < -0.39 is 6.04 Å². The summed E-state index contributed by atoms with van der Waals surface area (Å²) in [6.07, 6.45) is 0.947. The highest BCUT2D eigenvalue weighted by Gasteiger charge is 2.26. The van der Waals surface area contributed by atoms with Gasteiger partial charge >= 0.3 is 0 Å². The minimum Gasteiger partial charge on any atom is -0.484 e. The van der Waals surface area contributed by atoms with E-state index in [1.165, 1.54) is 5.56 Å². The number of ether oxygens (including phenoxy) is 1. The minimum absolute atomic E-state index is 0.00270. The molecule has 2 amide bonds. The molecule has 1 atom stereocenters. The monoisotopic (exact) mass is 460 g/mol. The molecule has 0 saturated carbocycles. The second kappa shape index (κ2) is 11.0. The third-order valence-electron chi connectivity index (χ3n) is 4.56. The molecule has 6 heteroatoms. The number of benzene rings is 2. The Kier molecular flexibility index (Phi) is 8.70. The van der Waals surface area contributed by atoms with E-state index in [-0.39, 0.29) is 24.5 Å². The van der Waals surface area contributed by atoms with E-state index in [1.54, 1.807) is 11.8 Å². The number of aryl methyl sites for hydroxylation is 1. The van der Waals surface area contributed by atoms with Gasteiger partial charge in [0.05, 0.1) is 0 Å². The van der Waals surface area contributed by atoms with Crippen LogP contribution in [0.3, 0.4) is 0 Å². The molecule has 0 radical (unpaired) electrons. The molecule has 2 aromatic carbocycles. The number of amides is 2. The zero-order chi connectivity index (χ0) is 21.4. The van der Waals surface area contributed by atoms with E-state index in [4.69, 9.17) is 4.74 Å². The van der Waals surface area contributed by atoms with E-state index in [0.717, 1.165) is 16.5 Å². The van der Waals surface area contributed by atoms with Crippen molar-refractivity contribution in [1.82, 2.24) is 10.2 Å². The lowest BCUT2D eigenvalue weighted by Gasteiger charge is -2.29. The third-order valence-corrected chi connectivity index (χ3v) is 5.09. The Labute approximate surface area is 181 Å². The molecule has 2 rings (SSSR count). The van der Waals surface area contributed by atoms with Crippen molar-refractivity contribution in [3.05, 3.63) is 64.1 Å². The van der Waals surface area contributed by atoms with Crippen LogP contribution in [0.4, 0.5) is 0 Å². The summed E-state index contributed by atoms with van der Waals surface area (Å²) in [6, 6.07) is 14.8. The van der Waals surface area contributed by atoms with Crippen molar-refractivity contribution in [2.45, 2.75) is 52.7 Å². The quantitative estimate of drug-likeness (QED) is 0.605. The maximum atomic E-state index is 13.0. The van der Waals surface area contributed by atoms with Gasteiger partial charge in [-0.25, -0.2) is 0 Å². The predicted octanol–water partition coefficient (Wildman–Crippen LogP) is 4.33. The van der Waals surface area contributed by atoms with Gasteiger partial charge in [0.1, 0.15) is 11.8 Å². The lowest BCUT2D eigenvalue weighted by atomic mass is 10.1. The van der Waals surface area contributed by atoms with Gasteiger partial charge < -0.3 is 15.0 Å². The van der Waals surface area contributed by atoms with Crippen molar-refractivity contribution in [2.24, 2.45) is 0 Å². The van der Waals surface area contributed by atoms with E-state index in [9.17, 15) is 9.59 Å². The molecule has 0 fully saturated rings. The van der Waals surface area contributed by atoms with Crippen molar-refractivity contribution in [3.8, 4) is 5.75 Å². The van der Waals surface area contributed by atoms with Crippen LogP contribution in [0.25, 0.3) is 0 Å². The lowest BCUT2D eigenvalue weighted by molar-refractivity contribution is -0.142. The SMILES string of the molecule is CCc1ccc(OCC(=O)N(Cc2ccc(Br)cc2)[C@H](C)C(=O)NC(C)C)cc1. The Morgan fingerprint density at radius 1 is 1.00 bits per heavy atom. The molecule has 2 aromatic rings. The summed E-state index contributed by atoms with van der Waals surface area (Å²) in [5.74, 6) is 0.218. The molecule has 0 unspecified atom stereocenters. The molecule has 0 aliphatic heterocycles. The molecule has 0 heterocycles. The van der Waals surface area contributed by atoms with Gasteiger partial charge in [0.15, 0.2) is 6.61 Å². The molecule has 29 heavy (non-hydrogen) atoms. The average Bonchev–Trinajstić information content (AvgIpc) is 2.71. The highest BCUT2D eigenvalue weighted by molar-refractivity contribution is 9.10. The zero-order valence-corrected chi connectivity index (χ0v) is 19.0. The molecule has 0 aliphatic carbocycles. The van der Waals surface area contributed by atoms with Gasteiger partial charge in [-0.2, -0.15) is 0 Å². The van der Waals surface area contributed by atoms with Crippen LogP contribution >= 0.6 is 15.9 Å². The van der Waals surface area contributed by atoms with Crippen molar-refractivity contribution in [1.29, 1.82) is 0 Å². The number of carbonyl (C=O) groups is 2. The fraction of sp³-hybridized carbons (Fsp3) is 0.391. The van der Waals surface area contributed by atoms with E-state index in [2.05, 4.69) is 28.2 Å². The number of halogens is 1. The normalized spacial score (nSPS) is 11.8. The summed E-state index contributed by atoms with van der Waals surface area (Å²) in [6.45, 7) is 7.83. The van der Waals surface area contributed by atoms with Gasteiger partial charge in [-0.1, -0.05) is 47.1 Å². The number of nitrogens with zero attached hydrogens (tertiary/aromatic N) is 1. The van der Waals surface area contributed by atoms with Crippen molar-refractivity contribution in [3.63, 3.8) is 0 Å². The van der Waals surface area contributed by atoms with Crippen LogP contribution < -0.4 is 10.1 Å². The van der Waals surface area contributed by atoms with E-state index in [1.807, 2.05) is 62.4 Å². The maximum Gasteiger partial charge on any atom is 0.261 e. The van der Waals surface area contributed by atoms with Crippen LogP contribution in [0, 0.1) is 0 Å². The van der Waals surface area contributed by atoms with Gasteiger partial charge in [-0.15, -0.1) is 0 Å². The van der Waals surface area contributed by atoms with Gasteiger partial charge in [0.2, 0.25) is 5.91 Å². The van der Waals surface area contributed by atoms with Crippen molar-refractivity contribution < 1.29 is 14.3 Å². The largest absolute Gasteiger partial charge is 0.484 e. The fourth-order valence-corrected chi connectivity index (χ4v) is 3.09. The number of rotatable bonds is 9.